The fraction of sp³-hybridized carbons (Fsp3) is 0.500. The van der Waals surface area contributed by atoms with Crippen LogP contribution in [0.15, 0.2) is 11.6 Å². The van der Waals surface area contributed by atoms with Gasteiger partial charge in [-0.1, -0.05) is 11.6 Å². The van der Waals surface area contributed by atoms with Crippen molar-refractivity contribution in [2.75, 3.05) is 12.4 Å². The summed E-state index contributed by atoms with van der Waals surface area (Å²) in [6, 6.07) is -0.525. The van der Waals surface area contributed by atoms with E-state index in [-0.39, 0.29) is 5.88 Å². The second-order valence-corrected chi connectivity index (χ2v) is 2.94. The molecule has 0 rings (SSSR count). The maximum absolute atomic E-state index is 10.9. The van der Waals surface area contributed by atoms with Crippen molar-refractivity contribution in [2.24, 2.45) is 0 Å². The van der Waals surface area contributed by atoms with E-state index < -0.39 is 11.9 Å². The van der Waals surface area contributed by atoms with E-state index in [9.17, 15) is 9.59 Å². The summed E-state index contributed by atoms with van der Waals surface area (Å²) in [5.74, 6) is -0.716. The molecule has 0 heterocycles. The summed E-state index contributed by atoms with van der Waals surface area (Å²) < 4.78 is 0. The quantitative estimate of drug-likeness (QED) is 0.533. The van der Waals surface area contributed by atoms with Crippen molar-refractivity contribution in [2.45, 2.75) is 13.8 Å². The fourth-order valence-corrected chi connectivity index (χ4v) is 0.619. The smallest absolute Gasteiger partial charge is 0.321 e. The molecule has 0 aromatic carbocycles. The molecule has 0 saturated carbocycles. The first-order valence-corrected chi connectivity index (χ1v) is 4.36. The molecule has 74 valence electrons. The van der Waals surface area contributed by atoms with Crippen LogP contribution >= 0.6 is 11.6 Å². The van der Waals surface area contributed by atoms with Gasteiger partial charge >= 0.3 is 6.03 Å². The molecule has 0 aliphatic heterocycles. The van der Waals surface area contributed by atoms with Crippen LogP contribution in [0.1, 0.15) is 13.8 Å². The zero-order valence-electron chi connectivity index (χ0n) is 7.69. The summed E-state index contributed by atoms with van der Waals surface area (Å²) >= 11 is 5.18. The third-order valence-electron chi connectivity index (χ3n) is 1.15. The molecule has 5 heteroatoms. The number of rotatable bonds is 3. The lowest BCUT2D eigenvalue weighted by molar-refractivity contribution is -0.117. The van der Waals surface area contributed by atoms with Crippen LogP contribution in [0.4, 0.5) is 4.79 Å². The van der Waals surface area contributed by atoms with Crippen molar-refractivity contribution < 1.29 is 9.59 Å². The molecular weight excluding hydrogens is 192 g/mol. The number of urea groups is 1. The van der Waals surface area contributed by atoms with Crippen LogP contribution in [0.3, 0.4) is 0 Å². The summed E-state index contributed by atoms with van der Waals surface area (Å²) in [6.45, 7) is 4.25. The number of alkyl halides is 1. The van der Waals surface area contributed by atoms with E-state index in [1.54, 1.807) is 0 Å². The number of carbonyl (C=O) groups is 2. The molecule has 0 saturated heterocycles. The van der Waals surface area contributed by atoms with Gasteiger partial charge in [-0.2, -0.15) is 0 Å². The topological polar surface area (TPSA) is 58.2 Å². The first-order valence-electron chi connectivity index (χ1n) is 3.83. The van der Waals surface area contributed by atoms with Gasteiger partial charge < -0.3 is 5.32 Å². The molecule has 0 aromatic heterocycles. The first kappa shape index (κ1) is 12.0. The summed E-state index contributed by atoms with van der Waals surface area (Å²) in [5, 5.41) is 4.53. The summed E-state index contributed by atoms with van der Waals surface area (Å²) in [6.07, 6.45) is 1.84. The Morgan fingerprint density at radius 3 is 2.46 bits per heavy atom. The van der Waals surface area contributed by atoms with E-state index in [1.807, 2.05) is 19.9 Å². The van der Waals surface area contributed by atoms with Crippen LogP contribution in [0.2, 0.25) is 0 Å². The molecule has 0 atom stereocenters. The first-order chi connectivity index (χ1) is 6.06. The Hall–Kier alpha value is -1.03. The third-order valence-corrected chi connectivity index (χ3v) is 1.39. The van der Waals surface area contributed by atoms with Gasteiger partial charge in [0.2, 0.25) is 5.91 Å². The monoisotopic (exact) mass is 204 g/mol. The third kappa shape index (κ3) is 7.33. The van der Waals surface area contributed by atoms with Crippen molar-refractivity contribution in [3.05, 3.63) is 11.6 Å². The summed E-state index contributed by atoms with van der Waals surface area (Å²) in [5.41, 5.74) is 1.10. The van der Waals surface area contributed by atoms with Crippen LogP contribution < -0.4 is 10.6 Å². The average molecular weight is 205 g/mol. The number of allylic oxidation sites excluding steroid dienone is 1. The van der Waals surface area contributed by atoms with Gasteiger partial charge in [-0.15, -0.1) is 11.6 Å². The molecule has 3 amide bonds. The molecule has 0 aromatic rings. The molecule has 0 radical (unpaired) electrons. The number of nitrogens with one attached hydrogen (secondary N) is 2. The number of hydrogen-bond donors (Lipinski definition) is 2. The molecular formula is C8H13ClN2O2. The fourth-order valence-electron chi connectivity index (χ4n) is 0.552. The zero-order chi connectivity index (χ0) is 10.3. The SMILES string of the molecule is CC(C)=CCNC(=O)NC(=O)CCl. The van der Waals surface area contributed by atoms with Crippen LogP contribution in [0.5, 0.6) is 0 Å². The number of halogens is 1. The van der Waals surface area contributed by atoms with Crippen molar-refractivity contribution in [3.63, 3.8) is 0 Å². The van der Waals surface area contributed by atoms with E-state index in [0.29, 0.717) is 6.54 Å². The lowest BCUT2D eigenvalue weighted by Gasteiger charge is -2.02. The normalized spacial score (nSPS) is 8.85. The molecule has 0 unspecified atom stereocenters. The lowest BCUT2D eigenvalue weighted by Crippen LogP contribution is -2.40. The van der Waals surface area contributed by atoms with Crippen molar-refractivity contribution >= 4 is 23.5 Å². The summed E-state index contributed by atoms with van der Waals surface area (Å²) in [4.78, 5) is 21.5. The van der Waals surface area contributed by atoms with Crippen LogP contribution in [0, 0.1) is 0 Å². The van der Waals surface area contributed by atoms with Gasteiger partial charge in [0.25, 0.3) is 0 Å². The number of imide groups is 1. The number of carbonyl (C=O) groups excluding carboxylic acids is 2. The minimum Gasteiger partial charge on any atom is -0.334 e. The minimum atomic E-state index is -0.525. The Morgan fingerprint density at radius 1 is 1.38 bits per heavy atom. The Kier molecular flexibility index (Phi) is 5.97. The lowest BCUT2D eigenvalue weighted by atomic mass is 10.3. The second kappa shape index (κ2) is 6.48. The van der Waals surface area contributed by atoms with Crippen molar-refractivity contribution in [3.8, 4) is 0 Å². The molecule has 0 aliphatic carbocycles. The highest BCUT2D eigenvalue weighted by Crippen LogP contribution is 1.85. The highest BCUT2D eigenvalue weighted by atomic mass is 35.5. The van der Waals surface area contributed by atoms with Gasteiger partial charge in [-0.05, 0) is 13.8 Å². The highest BCUT2D eigenvalue weighted by Gasteiger charge is 2.03. The van der Waals surface area contributed by atoms with Gasteiger partial charge in [-0.3, -0.25) is 10.1 Å². The largest absolute Gasteiger partial charge is 0.334 e. The van der Waals surface area contributed by atoms with E-state index >= 15 is 0 Å². The van der Waals surface area contributed by atoms with Crippen LogP contribution in [-0.2, 0) is 4.79 Å². The van der Waals surface area contributed by atoms with Gasteiger partial charge in [0.05, 0.1) is 0 Å². The molecule has 0 aliphatic rings. The van der Waals surface area contributed by atoms with Crippen molar-refractivity contribution in [1.82, 2.24) is 10.6 Å². The molecule has 0 spiro atoms. The number of hydrogen-bond acceptors (Lipinski definition) is 2. The van der Waals surface area contributed by atoms with E-state index in [2.05, 4.69) is 10.6 Å². The van der Waals surface area contributed by atoms with E-state index in [1.165, 1.54) is 0 Å². The predicted molar refractivity (Wildman–Crippen MR) is 51.7 cm³/mol. The van der Waals surface area contributed by atoms with Gasteiger partial charge in [-0.25, -0.2) is 4.79 Å². The van der Waals surface area contributed by atoms with Crippen LogP contribution in [-0.4, -0.2) is 24.4 Å². The average Bonchev–Trinajstić information content (AvgIpc) is 2.03. The van der Waals surface area contributed by atoms with E-state index in [4.69, 9.17) is 11.6 Å². The molecule has 2 N–H and O–H groups in total. The maximum Gasteiger partial charge on any atom is 0.321 e. The Balaban J connectivity index is 3.64. The standard InChI is InChI=1S/C8H13ClN2O2/c1-6(2)3-4-10-8(13)11-7(12)5-9/h3H,4-5H2,1-2H3,(H2,10,11,12,13). The minimum absolute atomic E-state index is 0.212. The predicted octanol–water partition coefficient (Wildman–Crippen LogP) is 1.02. The Labute approximate surface area is 82.3 Å². The molecule has 13 heavy (non-hydrogen) atoms. The van der Waals surface area contributed by atoms with Crippen LogP contribution in [0.25, 0.3) is 0 Å². The molecule has 0 fully saturated rings. The zero-order valence-corrected chi connectivity index (χ0v) is 8.44. The van der Waals surface area contributed by atoms with Gasteiger partial charge in [0, 0.05) is 6.54 Å². The Bertz CT molecular complexity index is 222. The molecule has 4 nitrogen and oxygen atoms in total. The summed E-state index contributed by atoms with van der Waals surface area (Å²) in [7, 11) is 0. The van der Waals surface area contributed by atoms with Crippen molar-refractivity contribution in [1.29, 1.82) is 0 Å². The van der Waals surface area contributed by atoms with Gasteiger partial charge in [0.15, 0.2) is 0 Å². The molecule has 0 bridgehead atoms. The second-order valence-electron chi connectivity index (χ2n) is 2.67. The maximum atomic E-state index is 10.9. The Morgan fingerprint density at radius 2 is 2.00 bits per heavy atom. The number of amides is 3. The van der Waals surface area contributed by atoms with Gasteiger partial charge in [0.1, 0.15) is 5.88 Å². The highest BCUT2D eigenvalue weighted by molar-refractivity contribution is 6.28. The van der Waals surface area contributed by atoms with E-state index in [0.717, 1.165) is 5.57 Å².